The summed E-state index contributed by atoms with van der Waals surface area (Å²) in [6, 6.07) is 0. The molecule has 0 bridgehead atoms. The van der Waals surface area contributed by atoms with E-state index in [0.717, 1.165) is 13.1 Å². The summed E-state index contributed by atoms with van der Waals surface area (Å²) in [7, 11) is 1.81. The molecule has 0 aromatic heterocycles. The van der Waals surface area contributed by atoms with Crippen molar-refractivity contribution in [2.45, 2.75) is 44.6 Å². The second-order valence-corrected chi connectivity index (χ2v) is 5.60. The minimum atomic E-state index is 0.204. The molecule has 1 atom stereocenters. The van der Waals surface area contributed by atoms with Crippen molar-refractivity contribution in [3.05, 3.63) is 0 Å². The predicted molar refractivity (Wildman–Crippen MR) is 64.5 cm³/mol. The standard InChI is InChI=1S/C13H25NO2/c1-16-12-5-4-8-14(9-12)10-13(11-15)6-2-3-7-13/h12,15H,2-11H2,1H3. The maximum absolute atomic E-state index is 9.61. The summed E-state index contributed by atoms with van der Waals surface area (Å²) in [6.45, 7) is 3.67. The first-order valence-electron chi connectivity index (χ1n) is 6.64. The van der Waals surface area contributed by atoms with E-state index in [0.29, 0.717) is 12.7 Å². The molecule has 3 heteroatoms. The molecule has 1 saturated heterocycles. The predicted octanol–water partition coefficient (Wildman–Crippen LogP) is 1.65. The van der Waals surface area contributed by atoms with Gasteiger partial charge in [-0.2, -0.15) is 0 Å². The lowest BCUT2D eigenvalue weighted by atomic mass is 9.86. The van der Waals surface area contributed by atoms with Crippen molar-refractivity contribution in [2.24, 2.45) is 5.41 Å². The van der Waals surface area contributed by atoms with E-state index in [1.54, 1.807) is 0 Å². The highest BCUT2D eigenvalue weighted by atomic mass is 16.5. The zero-order chi connectivity index (χ0) is 11.4. The molecule has 1 saturated carbocycles. The number of aliphatic hydroxyl groups excluding tert-OH is 1. The van der Waals surface area contributed by atoms with Gasteiger partial charge in [0.25, 0.3) is 0 Å². The molecule has 3 nitrogen and oxygen atoms in total. The van der Waals surface area contributed by atoms with Gasteiger partial charge in [0, 0.05) is 32.2 Å². The molecule has 0 radical (unpaired) electrons. The molecular weight excluding hydrogens is 202 g/mol. The number of hydrogen-bond donors (Lipinski definition) is 1. The zero-order valence-electron chi connectivity index (χ0n) is 10.5. The van der Waals surface area contributed by atoms with Crippen LogP contribution < -0.4 is 0 Å². The molecular formula is C13H25NO2. The van der Waals surface area contributed by atoms with Gasteiger partial charge in [-0.1, -0.05) is 12.8 Å². The van der Waals surface area contributed by atoms with E-state index in [4.69, 9.17) is 4.74 Å². The van der Waals surface area contributed by atoms with E-state index >= 15 is 0 Å². The molecule has 1 aliphatic carbocycles. The fraction of sp³-hybridized carbons (Fsp3) is 1.00. The number of ether oxygens (including phenoxy) is 1. The van der Waals surface area contributed by atoms with Crippen LogP contribution in [0.4, 0.5) is 0 Å². The molecule has 1 N–H and O–H groups in total. The van der Waals surface area contributed by atoms with Gasteiger partial charge in [0.1, 0.15) is 0 Å². The van der Waals surface area contributed by atoms with Gasteiger partial charge in [0.2, 0.25) is 0 Å². The fourth-order valence-corrected chi connectivity index (χ4v) is 3.31. The summed E-state index contributed by atoms with van der Waals surface area (Å²) in [5.41, 5.74) is 0.204. The van der Waals surface area contributed by atoms with E-state index in [-0.39, 0.29) is 5.41 Å². The highest BCUT2D eigenvalue weighted by Gasteiger charge is 2.36. The maximum Gasteiger partial charge on any atom is 0.0698 e. The smallest absolute Gasteiger partial charge is 0.0698 e. The first kappa shape index (κ1) is 12.3. The van der Waals surface area contributed by atoms with Crippen LogP contribution in [-0.4, -0.2) is 49.5 Å². The Kier molecular flexibility index (Phi) is 4.22. The van der Waals surface area contributed by atoms with E-state index in [1.165, 1.54) is 45.1 Å². The Labute approximate surface area is 98.8 Å². The van der Waals surface area contributed by atoms with Gasteiger partial charge in [-0.15, -0.1) is 0 Å². The summed E-state index contributed by atoms with van der Waals surface area (Å²) in [5, 5.41) is 9.61. The van der Waals surface area contributed by atoms with Gasteiger partial charge in [0.05, 0.1) is 6.10 Å². The molecule has 16 heavy (non-hydrogen) atoms. The Balaban J connectivity index is 1.87. The number of piperidine rings is 1. The lowest BCUT2D eigenvalue weighted by molar-refractivity contribution is 0.00301. The highest BCUT2D eigenvalue weighted by molar-refractivity contribution is 4.88. The third-order valence-corrected chi connectivity index (χ3v) is 4.35. The highest BCUT2D eigenvalue weighted by Crippen LogP contribution is 2.38. The van der Waals surface area contributed by atoms with Crippen LogP contribution >= 0.6 is 0 Å². The van der Waals surface area contributed by atoms with Gasteiger partial charge in [-0.25, -0.2) is 0 Å². The fourth-order valence-electron chi connectivity index (χ4n) is 3.31. The van der Waals surface area contributed by atoms with Crippen LogP contribution in [0.3, 0.4) is 0 Å². The summed E-state index contributed by atoms with van der Waals surface area (Å²) >= 11 is 0. The van der Waals surface area contributed by atoms with Crippen molar-refractivity contribution < 1.29 is 9.84 Å². The molecule has 1 unspecified atom stereocenters. The van der Waals surface area contributed by atoms with Crippen molar-refractivity contribution in [1.29, 1.82) is 0 Å². The normalized spacial score (nSPS) is 30.8. The van der Waals surface area contributed by atoms with Gasteiger partial charge in [0.15, 0.2) is 0 Å². The second-order valence-electron chi connectivity index (χ2n) is 5.60. The Bertz CT molecular complexity index is 214. The van der Waals surface area contributed by atoms with Gasteiger partial charge >= 0.3 is 0 Å². The number of hydrogen-bond acceptors (Lipinski definition) is 3. The zero-order valence-corrected chi connectivity index (χ0v) is 10.5. The van der Waals surface area contributed by atoms with E-state index in [9.17, 15) is 5.11 Å². The van der Waals surface area contributed by atoms with Crippen LogP contribution in [0.25, 0.3) is 0 Å². The summed E-state index contributed by atoms with van der Waals surface area (Å²) in [4.78, 5) is 2.50. The summed E-state index contributed by atoms with van der Waals surface area (Å²) in [6.07, 6.45) is 7.84. The molecule has 2 aliphatic rings. The molecule has 2 fully saturated rings. The molecule has 0 aromatic carbocycles. The quantitative estimate of drug-likeness (QED) is 0.792. The molecule has 0 spiro atoms. The number of rotatable bonds is 4. The van der Waals surface area contributed by atoms with Crippen LogP contribution in [0.5, 0.6) is 0 Å². The SMILES string of the molecule is COC1CCCN(CC2(CO)CCCC2)C1. The third kappa shape index (κ3) is 2.76. The molecule has 1 heterocycles. The second kappa shape index (κ2) is 5.48. The molecule has 0 aromatic rings. The minimum absolute atomic E-state index is 0.204. The average Bonchev–Trinajstić information content (AvgIpc) is 2.78. The molecule has 1 aliphatic heterocycles. The Morgan fingerprint density at radius 1 is 1.31 bits per heavy atom. The van der Waals surface area contributed by atoms with Crippen molar-refractivity contribution in [3.8, 4) is 0 Å². The van der Waals surface area contributed by atoms with Crippen molar-refractivity contribution in [3.63, 3.8) is 0 Å². The lowest BCUT2D eigenvalue weighted by Gasteiger charge is -2.38. The molecule has 0 amide bonds. The minimum Gasteiger partial charge on any atom is -0.396 e. The van der Waals surface area contributed by atoms with Crippen LogP contribution in [0.1, 0.15) is 38.5 Å². The van der Waals surface area contributed by atoms with Crippen LogP contribution in [-0.2, 0) is 4.74 Å². The largest absolute Gasteiger partial charge is 0.396 e. The number of nitrogens with zero attached hydrogens (tertiary/aromatic N) is 1. The summed E-state index contributed by atoms with van der Waals surface area (Å²) in [5.74, 6) is 0. The topological polar surface area (TPSA) is 32.7 Å². The third-order valence-electron chi connectivity index (χ3n) is 4.35. The van der Waals surface area contributed by atoms with Gasteiger partial charge in [-0.05, 0) is 32.2 Å². The van der Waals surface area contributed by atoms with Gasteiger partial charge < -0.3 is 14.7 Å². The average molecular weight is 227 g/mol. The van der Waals surface area contributed by atoms with E-state index < -0.39 is 0 Å². The van der Waals surface area contributed by atoms with Crippen molar-refractivity contribution in [2.75, 3.05) is 33.4 Å². The monoisotopic (exact) mass is 227 g/mol. The molecule has 94 valence electrons. The Morgan fingerprint density at radius 3 is 2.69 bits per heavy atom. The first-order valence-corrected chi connectivity index (χ1v) is 6.64. The lowest BCUT2D eigenvalue weighted by Crippen LogP contribution is -2.45. The van der Waals surface area contributed by atoms with Crippen molar-refractivity contribution in [1.82, 2.24) is 4.90 Å². The van der Waals surface area contributed by atoms with E-state index in [2.05, 4.69) is 4.90 Å². The van der Waals surface area contributed by atoms with Crippen molar-refractivity contribution >= 4 is 0 Å². The van der Waals surface area contributed by atoms with Crippen LogP contribution in [0.15, 0.2) is 0 Å². The number of methoxy groups -OCH3 is 1. The Morgan fingerprint density at radius 2 is 2.06 bits per heavy atom. The summed E-state index contributed by atoms with van der Waals surface area (Å²) < 4.78 is 5.45. The number of aliphatic hydroxyl groups is 1. The van der Waals surface area contributed by atoms with Crippen LogP contribution in [0.2, 0.25) is 0 Å². The van der Waals surface area contributed by atoms with Crippen LogP contribution in [0, 0.1) is 5.41 Å². The first-order chi connectivity index (χ1) is 7.78. The Hall–Kier alpha value is -0.120. The number of likely N-dealkylation sites (tertiary alicyclic amines) is 1. The molecule has 2 rings (SSSR count). The maximum atomic E-state index is 9.61. The van der Waals surface area contributed by atoms with E-state index in [1.807, 2.05) is 7.11 Å². The van der Waals surface area contributed by atoms with Gasteiger partial charge in [-0.3, -0.25) is 0 Å².